The van der Waals surface area contributed by atoms with Gasteiger partial charge in [-0.25, -0.2) is 0 Å². The summed E-state index contributed by atoms with van der Waals surface area (Å²) in [4.78, 5) is 4.05. The fourth-order valence-corrected chi connectivity index (χ4v) is 1.86. The van der Waals surface area contributed by atoms with E-state index in [2.05, 4.69) is 42.3 Å². The van der Waals surface area contributed by atoms with Gasteiger partial charge in [0.2, 0.25) is 0 Å². The quantitative estimate of drug-likeness (QED) is 0.887. The van der Waals surface area contributed by atoms with E-state index in [-0.39, 0.29) is 0 Å². The standard InChI is InChI=1S/C14H15ClN2/c1-10-3-4-11(2)12(7-10)8-17-14-9-16-6-5-13(14)15/h3-7,9,17H,8H2,1-2H3. The predicted octanol–water partition coefficient (Wildman–Crippen LogP) is 3.96. The minimum absolute atomic E-state index is 0.699. The van der Waals surface area contributed by atoms with Crippen LogP contribution in [0.25, 0.3) is 0 Å². The van der Waals surface area contributed by atoms with E-state index in [1.54, 1.807) is 18.5 Å². The van der Waals surface area contributed by atoms with E-state index in [9.17, 15) is 0 Å². The highest BCUT2D eigenvalue weighted by molar-refractivity contribution is 6.33. The molecule has 0 radical (unpaired) electrons. The van der Waals surface area contributed by atoms with Crippen molar-refractivity contribution in [2.24, 2.45) is 0 Å². The van der Waals surface area contributed by atoms with Crippen LogP contribution in [0.2, 0.25) is 5.02 Å². The van der Waals surface area contributed by atoms with Gasteiger partial charge in [0, 0.05) is 12.7 Å². The third-order valence-electron chi connectivity index (χ3n) is 2.74. The van der Waals surface area contributed by atoms with Crippen LogP contribution in [-0.2, 0) is 6.54 Å². The Morgan fingerprint density at radius 3 is 2.82 bits per heavy atom. The van der Waals surface area contributed by atoms with Gasteiger partial charge in [0.15, 0.2) is 0 Å². The molecular weight excluding hydrogens is 232 g/mol. The van der Waals surface area contributed by atoms with E-state index in [0.717, 1.165) is 12.2 Å². The number of nitrogens with zero attached hydrogens (tertiary/aromatic N) is 1. The maximum atomic E-state index is 6.06. The Hall–Kier alpha value is -1.54. The van der Waals surface area contributed by atoms with Crippen molar-refractivity contribution in [1.29, 1.82) is 0 Å². The lowest BCUT2D eigenvalue weighted by atomic mass is 10.1. The van der Waals surface area contributed by atoms with Crippen LogP contribution in [0.1, 0.15) is 16.7 Å². The average molecular weight is 247 g/mol. The number of rotatable bonds is 3. The molecule has 2 aromatic rings. The average Bonchev–Trinajstić information content (AvgIpc) is 2.32. The zero-order valence-corrected chi connectivity index (χ0v) is 10.8. The van der Waals surface area contributed by atoms with Crippen LogP contribution < -0.4 is 5.32 Å². The molecule has 0 spiro atoms. The van der Waals surface area contributed by atoms with Crippen molar-refractivity contribution in [2.75, 3.05) is 5.32 Å². The molecule has 0 saturated heterocycles. The van der Waals surface area contributed by atoms with Crippen molar-refractivity contribution < 1.29 is 0 Å². The molecule has 0 unspecified atom stereocenters. The van der Waals surface area contributed by atoms with Gasteiger partial charge in [0.05, 0.1) is 16.9 Å². The number of benzene rings is 1. The molecule has 1 aromatic carbocycles. The molecule has 0 fully saturated rings. The van der Waals surface area contributed by atoms with Crippen LogP contribution in [0.4, 0.5) is 5.69 Å². The molecule has 1 aromatic heterocycles. The van der Waals surface area contributed by atoms with Gasteiger partial charge in [0.25, 0.3) is 0 Å². The van der Waals surface area contributed by atoms with E-state index >= 15 is 0 Å². The van der Waals surface area contributed by atoms with Crippen molar-refractivity contribution in [3.63, 3.8) is 0 Å². The number of pyridine rings is 1. The normalized spacial score (nSPS) is 10.3. The fourth-order valence-electron chi connectivity index (χ4n) is 1.69. The van der Waals surface area contributed by atoms with E-state index in [0.29, 0.717) is 5.02 Å². The van der Waals surface area contributed by atoms with Gasteiger partial charge in [-0.15, -0.1) is 0 Å². The summed E-state index contributed by atoms with van der Waals surface area (Å²) >= 11 is 6.06. The van der Waals surface area contributed by atoms with Gasteiger partial charge < -0.3 is 5.32 Å². The van der Waals surface area contributed by atoms with Gasteiger partial charge in [-0.2, -0.15) is 0 Å². The molecule has 1 heterocycles. The highest BCUT2D eigenvalue weighted by atomic mass is 35.5. The summed E-state index contributed by atoms with van der Waals surface area (Å²) in [5.74, 6) is 0. The molecule has 88 valence electrons. The molecule has 17 heavy (non-hydrogen) atoms. The van der Waals surface area contributed by atoms with Crippen molar-refractivity contribution >= 4 is 17.3 Å². The van der Waals surface area contributed by atoms with E-state index < -0.39 is 0 Å². The summed E-state index contributed by atoms with van der Waals surface area (Å²) in [6, 6.07) is 8.23. The van der Waals surface area contributed by atoms with Crippen molar-refractivity contribution in [3.05, 3.63) is 58.4 Å². The largest absolute Gasteiger partial charge is 0.379 e. The minimum Gasteiger partial charge on any atom is -0.379 e. The number of hydrogen-bond donors (Lipinski definition) is 1. The lowest BCUT2D eigenvalue weighted by Crippen LogP contribution is -2.02. The van der Waals surface area contributed by atoms with Crippen LogP contribution in [0.15, 0.2) is 36.7 Å². The van der Waals surface area contributed by atoms with Crippen molar-refractivity contribution in [2.45, 2.75) is 20.4 Å². The number of halogens is 1. The van der Waals surface area contributed by atoms with Gasteiger partial charge in [-0.3, -0.25) is 4.98 Å². The number of hydrogen-bond acceptors (Lipinski definition) is 2. The summed E-state index contributed by atoms with van der Waals surface area (Å²) in [5.41, 5.74) is 4.70. The second-order valence-electron chi connectivity index (χ2n) is 4.14. The van der Waals surface area contributed by atoms with Gasteiger partial charge in [-0.1, -0.05) is 35.4 Å². The van der Waals surface area contributed by atoms with E-state index in [4.69, 9.17) is 11.6 Å². The predicted molar refractivity (Wildman–Crippen MR) is 72.5 cm³/mol. The van der Waals surface area contributed by atoms with Gasteiger partial charge in [-0.05, 0) is 31.0 Å². The number of nitrogens with one attached hydrogen (secondary N) is 1. The highest BCUT2D eigenvalue weighted by Crippen LogP contribution is 2.20. The molecule has 0 amide bonds. The van der Waals surface area contributed by atoms with Crippen LogP contribution in [-0.4, -0.2) is 4.98 Å². The van der Waals surface area contributed by atoms with Gasteiger partial charge in [0.1, 0.15) is 0 Å². The zero-order chi connectivity index (χ0) is 12.3. The zero-order valence-electron chi connectivity index (χ0n) is 10.00. The first kappa shape index (κ1) is 11.9. The minimum atomic E-state index is 0.699. The fraction of sp³-hybridized carbons (Fsp3) is 0.214. The molecule has 2 nitrogen and oxygen atoms in total. The lowest BCUT2D eigenvalue weighted by Gasteiger charge is -2.10. The monoisotopic (exact) mass is 246 g/mol. The summed E-state index contributed by atoms with van der Waals surface area (Å²) in [6.07, 6.45) is 3.43. The van der Waals surface area contributed by atoms with Crippen LogP contribution in [0.3, 0.4) is 0 Å². The Kier molecular flexibility index (Phi) is 3.64. The molecule has 0 saturated carbocycles. The lowest BCUT2D eigenvalue weighted by molar-refractivity contribution is 1.10. The molecule has 0 aliphatic heterocycles. The van der Waals surface area contributed by atoms with E-state index in [1.807, 2.05) is 0 Å². The van der Waals surface area contributed by atoms with Gasteiger partial charge >= 0.3 is 0 Å². The molecule has 0 aliphatic rings. The third-order valence-corrected chi connectivity index (χ3v) is 3.07. The highest BCUT2D eigenvalue weighted by Gasteiger charge is 2.01. The van der Waals surface area contributed by atoms with Crippen molar-refractivity contribution in [1.82, 2.24) is 4.98 Å². The van der Waals surface area contributed by atoms with Crippen LogP contribution in [0, 0.1) is 13.8 Å². The summed E-state index contributed by atoms with van der Waals surface area (Å²) < 4.78 is 0. The summed E-state index contributed by atoms with van der Waals surface area (Å²) in [6.45, 7) is 4.97. The molecule has 0 bridgehead atoms. The first-order valence-corrected chi connectivity index (χ1v) is 5.94. The second kappa shape index (κ2) is 5.19. The van der Waals surface area contributed by atoms with Crippen molar-refractivity contribution in [3.8, 4) is 0 Å². The smallest absolute Gasteiger partial charge is 0.0718 e. The second-order valence-corrected chi connectivity index (χ2v) is 4.55. The molecule has 0 aliphatic carbocycles. The SMILES string of the molecule is Cc1ccc(C)c(CNc2cnccc2Cl)c1. The maximum absolute atomic E-state index is 6.06. The van der Waals surface area contributed by atoms with Crippen LogP contribution in [0.5, 0.6) is 0 Å². The topological polar surface area (TPSA) is 24.9 Å². The summed E-state index contributed by atoms with van der Waals surface area (Å²) in [5, 5.41) is 4.00. The van der Waals surface area contributed by atoms with Crippen LogP contribution >= 0.6 is 11.6 Å². The Balaban J connectivity index is 2.12. The number of aryl methyl sites for hydroxylation is 2. The number of anilines is 1. The Labute approximate surface area is 107 Å². The molecular formula is C14H15ClN2. The third kappa shape index (κ3) is 2.98. The first-order chi connectivity index (χ1) is 8.16. The molecule has 2 rings (SSSR count). The maximum Gasteiger partial charge on any atom is 0.0718 e. The Morgan fingerprint density at radius 1 is 1.24 bits per heavy atom. The Bertz CT molecular complexity index is 523. The molecule has 3 heteroatoms. The molecule has 0 atom stereocenters. The first-order valence-electron chi connectivity index (χ1n) is 5.56. The number of aromatic nitrogens is 1. The molecule has 1 N–H and O–H groups in total. The van der Waals surface area contributed by atoms with E-state index in [1.165, 1.54) is 16.7 Å². The summed E-state index contributed by atoms with van der Waals surface area (Å²) in [7, 11) is 0. The Morgan fingerprint density at radius 2 is 2.06 bits per heavy atom.